The lowest BCUT2D eigenvalue weighted by molar-refractivity contribution is -0.870. The monoisotopic (exact) mass is 601 g/mol. The second-order valence-electron chi connectivity index (χ2n) is 11.4. The van der Waals surface area contributed by atoms with Crippen molar-refractivity contribution in [1.29, 1.82) is 10.5 Å². The summed E-state index contributed by atoms with van der Waals surface area (Å²) in [5.41, 5.74) is 10.5. The van der Waals surface area contributed by atoms with E-state index < -0.39 is 0 Å². The first-order valence-corrected chi connectivity index (χ1v) is 15.3. The fourth-order valence-corrected chi connectivity index (χ4v) is 4.91. The number of hydrogen-bond acceptors (Lipinski definition) is 10. The highest BCUT2D eigenvalue weighted by Crippen LogP contribution is 2.32. The van der Waals surface area contributed by atoms with Crippen LogP contribution >= 0.6 is 11.3 Å². The molecule has 0 saturated carbocycles. The molecule has 11 heteroatoms. The molecule has 0 radical (unpaired) electrons. The molecule has 0 saturated heterocycles. The van der Waals surface area contributed by atoms with Crippen molar-refractivity contribution in [2.45, 2.75) is 46.8 Å². The standard InChI is InChI=1S/C31H49N6O4S/c1-9-36(21-27(22-41-23(2)3)40-17-16-39-15-14-38-13-12-37(6,7)8)26-10-11-29(24(4)18-26)34-35-31-28(19-32)25(5)30(20-33)42-31/h10-11,18,23,27,34-35H,9,12-17,21-22H2,1-8H3/q+1. The van der Waals surface area contributed by atoms with E-state index in [4.69, 9.17) is 18.9 Å². The van der Waals surface area contributed by atoms with Crippen molar-refractivity contribution in [3.8, 4) is 12.1 Å². The molecule has 0 fully saturated rings. The van der Waals surface area contributed by atoms with Crippen molar-refractivity contribution in [3.63, 3.8) is 0 Å². The third-order valence-electron chi connectivity index (χ3n) is 6.53. The van der Waals surface area contributed by atoms with E-state index in [0.717, 1.165) is 41.1 Å². The number of hydrogen-bond donors (Lipinski definition) is 2. The topological polar surface area (TPSA) is 112 Å². The Kier molecular flexibility index (Phi) is 15.1. The molecule has 0 aliphatic rings. The van der Waals surface area contributed by atoms with E-state index in [-0.39, 0.29) is 12.2 Å². The van der Waals surface area contributed by atoms with Crippen LogP contribution in [0.15, 0.2) is 18.2 Å². The van der Waals surface area contributed by atoms with Crippen LogP contribution in [0.3, 0.4) is 0 Å². The molecule has 1 aromatic heterocycles. The summed E-state index contributed by atoms with van der Waals surface area (Å²) in [4.78, 5) is 2.81. The van der Waals surface area contributed by atoms with Gasteiger partial charge in [-0.2, -0.15) is 10.5 Å². The molecule has 2 rings (SSSR count). The van der Waals surface area contributed by atoms with Gasteiger partial charge >= 0.3 is 0 Å². The van der Waals surface area contributed by atoms with Crippen molar-refractivity contribution in [3.05, 3.63) is 39.8 Å². The highest BCUT2D eigenvalue weighted by atomic mass is 32.1. The van der Waals surface area contributed by atoms with Crippen LogP contribution in [-0.4, -0.2) is 97.1 Å². The van der Waals surface area contributed by atoms with Gasteiger partial charge < -0.3 is 28.3 Å². The van der Waals surface area contributed by atoms with Crippen LogP contribution < -0.4 is 15.8 Å². The van der Waals surface area contributed by atoms with Crippen molar-refractivity contribution < 1.29 is 23.4 Å². The Bertz CT molecular complexity index is 1180. The lowest BCUT2D eigenvalue weighted by atomic mass is 10.1. The lowest BCUT2D eigenvalue weighted by Crippen LogP contribution is -2.38. The first-order valence-electron chi connectivity index (χ1n) is 14.5. The smallest absolute Gasteiger partial charge is 0.127 e. The average molecular weight is 602 g/mol. The van der Waals surface area contributed by atoms with Gasteiger partial charge in [0.2, 0.25) is 0 Å². The van der Waals surface area contributed by atoms with Gasteiger partial charge in [-0.25, -0.2) is 0 Å². The predicted molar refractivity (Wildman–Crippen MR) is 170 cm³/mol. The number of nitriles is 2. The molecule has 0 amide bonds. The number of nitrogens with one attached hydrogen (secondary N) is 2. The molecule has 0 aliphatic carbocycles. The van der Waals surface area contributed by atoms with Crippen LogP contribution in [-0.2, 0) is 18.9 Å². The van der Waals surface area contributed by atoms with Crippen LogP contribution in [0.1, 0.15) is 42.3 Å². The molecule has 10 nitrogen and oxygen atoms in total. The van der Waals surface area contributed by atoms with E-state index in [1.165, 1.54) is 11.3 Å². The maximum atomic E-state index is 9.51. The first kappa shape index (κ1) is 35.3. The Hall–Kier alpha value is -2.90. The summed E-state index contributed by atoms with van der Waals surface area (Å²) in [7, 11) is 6.44. The fourth-order valence-electron chi connectivity index (χ4n) is 4.00. The van der Waals surface area contributed by atoms with Gasteiger partial charge in [0.1, 0.15) is 28.6 Å². The van der Waals surface area contributed by atoms with Crippen molar-refractivity contribution in [2.24, 2.45) is 0 Å². The minimum absolute atomic E-state index is 0.114. The van der Waals surface area contributed by atoms with E-state index in [0.29, 0.717) is 60.6 Å². The minimum atomic E-state index is -0.114. The van der Waals surface area contributed by atoms with Gasteiger partial charge in [-0.05, 0) is 63.9 Å². The summed E-state index contributed by atoms with van der Waals surface area (Å²) in [6, 6.07) is 10.5. The minimum Gasteiger partial charge on any atom is -0.377 e. The summed E-state index contributed by atoms with van der Waals surface area (Å²) >= 11 is 1.27. The summed E-state index contributed by atoms with van der Waals surface area (Å²) in [6.07, 6.45) is 0.00153. The summed E-state index contributed by atoms with van der Waals surface area (Å²) < 4.78 is 24.4. The van der Waals surface area contributed by atoms with Gasteiger partial charge in [0.15, 0.2) is 0 Å². The molecule has 0 aliphatic heterocycles. The second kappa shape index (κ2) is 17.9. The molecule has 0 bridgehead atoms. The number of rotatable bonds is 20. The van der Waals surface area contributed by atoms with Gasteiger partial charge in [0.05, 0.1) is 84.2 Å². The number of ether oxygens (including phenoxy) is 4. The molecule has 0 spiro atoms. The van der Waals surface area contributed by atoms with E-state index in [1.807, 2.05) is 26.8 Å². The zero-order valence-corrected chi connectivity index (χ0v) is 27.4. The van der Waals surface area contributed by atoms with Crippen LogP contribution in [0.4, 0.5) is 16.4 Å². The van der Waals surface area contributed by atoms with Gasteiger partial charge in [-0.1, -0.05) is 0 Å². The fraction of sp³-hybridized carbons (Fsp3) is 0.613. The third kappa shape index (κ3) is 12.1. The number of hydrazine groups is 1. The normalized spacial score (nSPS) is 12.2. The van der Waals surface area contributed by atoms with Crippen LogP contribution in [0.25, 0.3) is 0 Å². The number of anilines is 3. The highest BCUT2D eigenvalue weighted by molar-refractivity contribution is 7.17. The molecule has 1 atom stereocenters. The quantitative estimate of drug-likeness (QED) is 0.124. The van der Waals surface area contributed by atoms with Crippen LogP contribution in [0.5, 0.6) is 0 Å². The Balaban J connectivity index is 1.92. The maximum absolute atomic E-state index is 9.51. The van der Waals surface area contributed by atoms with Crippen LogP contribution in [0.2, 0.25) is 0 Å². The largest absolute Gasteiger partial charge is 0.377 e. The van der Waals surface area contributed by atoms with E-state index in [1.54, 1.807) is 6.92 Å². The molecule has 1 heterocycles. The number of thiophene rings is 1. The summed E-state index contributed by atoms with van der Waals surface area (Å²) in [5, 5.41) is 19.4. The van der Waals surface area contributed by atoms with Crippen LogP contribution in [0, 0.1) is 36.5 Å². The Labute approximate surface area is 256 Å². The first-order chi connectivity index (χ1) is 20.0. The molecule has 232 valence electrons. The van der Waals surface area contributed by atoms with E-state index in [2.05, 4.69) is 68.1 Å². The molecule has 42 heavy (non-hydrogen) atoms. The highest BCUT2D eigenvalue weighted by Gasteiger charge is 2.18. The molecular formula is C31H49N6O4S+. The zero-order chi connectivity index (χ0) is 31.1. The Morgan fingerprint density at radius 2 is 1.64 bits per heavy atom. The number of likely N-dealkylation sites (N-methyl/N-ethyl adjacent to an activating group) is 2. The van der Waals surface area contributed by atoms with Crippen molar-refractivity contribution in [1.82, 2.24) is 0 Å². The summed E-state index contributed by atoms with van der Waals surface area (Å²) in [5.74, 6) is 0. The van der Waals surface area contributed by atoms with Gasteiger partial charge in [0, 0.05) is 18.8 Å². The number of quaternary nitrogens is 1. The molecule has 1 aromatic carbocycles. The zero-order valence-electron chi connectivity index (χ0n) is 26.6. The Morgan fingerprint density at radius 1 is 0.952 bits per heavy atom. The Morgan fingerprint density at radius 3 is 2.24 bits per heavy atom. The molecule has 2 aromatic rings. The van der Waals surface area contributed by atoms with Gasteiger partial charge in [0.25, 0.3) is 0 Å². The lowest BCUT2D eigenvalue weighted by Gasteiger charge is -2.29. The third-order valence-corrected chi connectivity index (χ3v) is 7.64. The molecule has 2 N–H and O–H groups in total. The maximum Gasteiger partial charge on any atom is 0.127 e. The van der Waals surface area contributed by atoms with Gasteiger partial charge in [-0.3, -0.25) is 10.9 Å². The van der Waals surface area contributed by atoms with E-state index in [9.17, 15) is 10.5 Å². The predicted octanol–water partition coefficient (Wildman–Crippen LogP) is 4.92. The van der Waals surface area contributed by atoms with Crippen molar-refractivity contribution >= 4 is 27.7 Å². The number of benzene rings is 1. The van der Waals surface area contributed by atoms with Gasteiger partial charge in [-0.15, -0.1) is 11.3 Å². The van der Waals surface area contributed by atoms with E-state index >= 15 is 0 Å². The SMILES string of the molecule is CCN(CC(COC(C)C)OCCOCCOCC[N+](C)(C)C)c1ccc(NNc2sc(C#N)c(C)c2C#N)c(C)c1. The molecular weight excluding hydrogens is 552 g/mol. The number of nitrogens with zero attached hydrogens (tertiary/aromatic N) is 4. The average Bonchev–Trinajstić information content (AvgIpc) is 3.25. The summed E-state index contributed by atoms with van der Waals surface area (Å²) in [6.45, 7) is 15.8. The van der Waals surface area contributed by atoms with Crippen molar-refractivity contribution in [2.75, 3.05) is 96.2 Å². The second-order valence-corrected chi connectivity index (χ2v) is 12.4. The number of aryl methyl sites for hydroxylation is 1. The molecule has 1 unspecified atom stereocenters.